The summed E-state index contributed by atoms with van der Waals surface area (Å²) in [6, 6.07) is 14.4. The summed E-state index contributed by atoms with van der Waals surface area (Å²) in [6.45, 7) is 2.17. The Labute approximate surface area is 225 Å². The molecular weight excluding hydrogens is 509 g/mol. The lowest BCUT2D eigenvalue weighted by Crippen LogP contribution is -2.32. The Morgan fingerprint density at radius 3 is 2.36 bits per heavy atom. The first-order valence-corrected chi connectivity index (χ1v) is 12.9. The van der Waals surface area contributed by atoms with Gasteiger partial charge in [-0.05, 0) is 42.0 Å². The fraction of sp³-hybridized carbons (Fsp3) is 0.379. The van der Waals surface area contributed by atoms with Crippen molar-refractivity contribution in [2.24, 2.45) is 11.1 Å². The maximum Gasteiger partial charge on any atom is 0.416 e. The van der Waals surface area contributed by atoms with Crippen molar-refractivity contribution in [1.29, 1.82) is 0 Å². The molecule has 39 heavy (non-hydrogen) atoms. The maximum absolute atomic E-state index is 12.8. The van der Waals surface area contributed by atoms with Crippen molar-refractivity contribution in [2.75, 3.05) is 19.8 Å². The van der Waals surface area contributed by atoms with Crippen LogP contribution in [0.5, 0.6) is 0 Å². The molecule has 1 aliphatic rings. The van der Waals surface area contributed by atoms with Gasteiger partial charge in [-0.1, -0.05) is 47.6 Å². The van der Waals surface area contributed by atoms with Crippen LogP contribution in [-0.2, 0) is 40.0 Å². The van der Waals surface area contributed by atoms with Gasteiger partial charge in [-0.25, -0.2) is 9.97 Å². The summed E-state index contributed by atoms with van der Waals surface area (Å²) in [7, 11) is 0. The number of halogens is 3. The van der Waals surface area contributed by atoms with Crippen LogP contribution in [0.4, 0.5) is 13.2 Å². The molecule has 3 aromatic rings. The van der Waals surface area contributed by atoms with E-state index in [4.69, 9.17) is 9.57 Å². The Morgan fingerprint density at radius 1 is 1.00 bits per heavy atom. The number of nitrogens with zero attached hydrogens (tertiary/aromatic N) is 3. The molecule has 1 saturated heterocycles. The molecule has 0 bridgehead atoms. The molecule has 0 atom stereocenters. The Kier molecular flexibility index (Phi) is 10.0. The summed E-state index contributed by atoms with van der Waals surface area (Å²) in [5.74, 6) is 0.976. The number of aryl methyl sites for hydroxylation is 1. The minimum atomic E-state index is -4.39. The molecule has 0 spiro atoms. The number of oxime groups is 1. The molecule has 0 aliphatic carbocycles. The van der Waals surface area contributed by atoms with E-state index in [0.717, 1.165) is 43.8 Å². The normalized spacial score (nSPS) is 14.7. The van der Waals surface area contributed by atoms with Gasteiger partial charge in [-0.15, -0.1) is 0 Å². The van der Waals surface area contributed by atoms with Crippen molar-refractivity contribution in [3.05, 3.63) is 95.1 Å². The van der Waals surface area contributed by atoms with Gasteiger partial charge in [0.25, 0.3) is 0 Å². The third kappa shape index (κ3) is 9.17. The average Bonchev–Trinajstić information content (AvgIpc) is 2.96. The van der Waals surface area contributed by atoms with Crippen LogP contribution in [0.15, 0.2) is 72.1 Å². The molecule has 0 unspecified atom stereocenters. The van der Waals surface area contributed by atoms with Gasteiger partial charge in [0.1, 0.15) is 12.4 Å². The van der Waals surface area contributed by atoms with Crippen molar-refractivity contribution in [3.63, 3.8) is 0 Å². The highest BCUT2D eigenvalue weighted by Crippen LogP contribution is 2.29. The van der Waals surface area contributed by atoms with Gasteiger partial charge in [-0.2, -0.15) is 13.2 Å². The predicted molar refractivity (Wildman–Crippen MR) is 140 cm³/mol. The van der Waals surface area contributed by atoms with E-state index in [0.29, 0.717) is 54.4 Å². The molecule has 1 fully saturated rings. The first-order valence-electron chi connectivity index (χ1n) is 12.9. The molecule has 1 aromatic heterocycles. The number of carbonyl (C=O) groups excluding carboxylic acids is 1. The van der Waals surface area contributed by atoms with Gasteiger partial charge in [0.15, 0.2) is 0 Å². The van der Waals surface area contributed by atoms with Crippen molar-refractivity contribution < 1.29 is 27.5 Å². The average molecular weight is 541 g/mol. The highest BCUT2D eigenvalue weighted by atomic mass is 19.4. The number of nitrogens with one attached hydrogen (secondary N) is 1. The Balaban J connectivity index is 1.35. The summed E-state index contributed by atoms with van der Waals surface area (Å²) in [5.41, 5.74) is 2.08. The fourth-order valence-electron chi connectivity index (χ4n) is 4.11. The van der Waals surface area contributed by atoms with Crippen LogP contribution in [0.3, 0.4) is 0 Å². The largest absolute Gasteiger partial charge is 0.416 e. The quantitative estimate of drug-likeness (QED) is 0.269. The van der Waals surface area contributed by atoms with Gasteiger partial charge in [-0.3, -0.25) is 4.79 Å². The zero-order valence-corrected chi connectivity index (χ0v) is 21.5. The van der Waals surface area contributed by atoms with Crippen molar-refractivity contribution >= 4 is 11.6 Å². The molecule has 1 aliphatic heterocycles. The number of alkyl halides is 3. The second kappa shape index (κ2) is 13.8. The number of rotatable bonds is 11. The SMILES string of the molecule is O=C(CCc1ncc(/C(Cc2ccccc2)=N/OCc2ccc(C(F)(F)F)cc2)cn1)NCC1CCOCC1. The summed E-state index contributed by atoms with van der Waals surface area (Å²) in [6.07, 6.45) is 1.99. The van der Waals surface area contributed by atoms with Crippen LogP contribution in [0.25, 0.3) is 0 Å². The highest BCUT2D eigenvalue weighted by Gasteiger charge is 2.29. The number of benzene rings is 2. The zero-order chi connectivity index (χ0) is 27.5. The Hall–Kier alpha value is -3.79. The lowest BCUT2D eigenvalue weighted by molar-refractivity contribution is -0.137. The number of ether oxygens (including phenoxy) is 1. The van der Waals surface area contributed by atoms with Crippen LogP contribution in [0, 0.1) is 5.92 Å². The summed E-state index contributed by atoms with van der Waals surface area (Å²) < 4.78 is 43.8. The van der Waals surface area contributed by atoms with E-state index in [1.165, 1.54) is 12.1 Å². The lowest BCUT2D eigenvalue weighted by atomic mass is 10.0. The van der Waals surface area contributed by atoms with Crippen LogP contribution in [0.1, 0.15) is 47.3 Å². The van der Waals surface area contributed by atoms with Crippen molar-refractivity contribution in [2.45, 2.75) is 44.9 Å². The van der Waals surface area contributed by atoms with Crippen LogP contribution < -0.4 is 5.32 Å². The molecule has 206 valence electrons. The van der Waals surface area contributed by atoms with E-state index < -0.39 is 11.7 Å². The summed E-state index contributed by atoms with van der Waals surface area (Å²) in [4.78, 5) is 26.6. The first-order chi connectivity index (χ1) is 18.9. The van der Waals surface area contributed by atoms with Gasteiger partial charge < -0.3 is 14.9 Å². The highest BCUT2D eigenvalue weighted by molar-refractivity contribution is 6.01. The Bertz CT molecular complexity index is 1210. The monoisotopic (exact) mass is 540 g/mol. The van der Waals surface area contributed by atoms with Gasteiger partial charge in [0, 0.05) is 57.0 Å². The number of aromatic nitrogens is 2. The van der Waals surface area contributed by atoms with Crippen LogP contribution >= 0.6 is 0 Å². The Morgan fingerprint density at radius 2 is 1.69 bits per heavy atom. The van der Waals surface area contributed by atoms with Crippen LogP contribution in [-0.4, -0.2) is 41.3 Å². The lowest BCUT2D eigenvalue weighted by Gasteiger charge is -2.22. The van der Waals surface area contributed by atoms with Gasteiger partial charge >= 0.3 is 6.18 Å². The minimum absolute atomic E-state index is 0.0123. The topological polar surface area (TPSA) is 85.7 Å². The molecule has 0 radical (unpaired) electrons. The van der Waals surface area contributed by atoms with Crippen LogP contribution in [0.2, 0.25) is 0 Å². The third-order valence-electron chi connectivity index (χ3n) is 6.44. The molecule has 4 rings (SSSR count). The molecule has 1 amide bonds. The minimum Gasteiger partial charge on any atom is -0.391 e. The predicted octanol–water partition coefficient (Wildman–Crippen LogP) is 5.13. The summed E-state index contributed by atoms with van der Waals surface area (Å²) in [5, 5.41) is 7.25. The third-order valence-corrected chi connectivity index (χ3v) is 6.44. The number of amides is 1. The molecule has 0 saturated carbocycles. The van der Waals surface area contributed by atoms with E-state index in [1.807, 2.05) is 30.3 Å². The first kappa shape index (κ1) is 28.2. The molecule has 1 N–H and O–H groups in total. The maximum atomic E-state index is 12.8. The zero-order valence-electron chi connectivity index (χ0n) is 21.5. The van der Waals surface area contributed by atoms with E-state index in [9.17, 15) is 18.0 Å². The van der Waals surface area contributed by atoms with E-state index >= 15 is 0 Å². The number of hydrogen-bond donors (Lipinski definition) is 1. The smallest absolute Gasteiger partial charge is 0.391 e. The van der Waals surface area contributed by atoms with E-state index in [-0.39, 0.29) is 12.5 Å². The van der Waals surface area contributed by atoms with Crippen molar-refractivity contribution in [1.82, 2.24) is 15.3 Å². The van der Waals surface area contributed by atoms with E-state index in [1.54, 1.807) is 12.4 Å². The van der Waals surface area contributed by atoms with Gasteiger partial charge in [0.2, 0.25) is 5.91 Å². The molecule has 2 aromatic carbocycles. The molecule has 10 heteroatoms. The standard InChI is InChI=1S/C29H31F3N4O3/c30-29(31,32)25-8-6-23(7-9-25)20-39-36-26(16-21-4-2-1-3-5-21)24-18-33-27(34-19-24)10-11-28(37)35-17-22-12-14-38-15-13-22/h1-9,18-19,22H,10-17,20H2,(H,35,37)/b36-26+. The molecule has 2 heterocycles. The molecule has 7 nitrogen and oxygen atoms in total. The second-order valence-corrected chi connectivity index (χ2v) is 9.42. The number of hydrogen-bond acceptors (Lipinski definition) is 6. The molecular formula is C29H31F3N4O3. The van der Waals surface area contributed by atoms with E-state index in [2.05, 4.69) is 20.4 Å². The number of carbonyl (C=O) groups is 1. The van der Waals surface area contributed by atoms with Gasteiger partial charge in [0.05, 0.1) is 11.3 Å². The fourth-order valence-corrected chi connectivity index (χ4v) is 4.11. The summed E-state index contributed by atoms with van der Waals surface area (Å²) >= 11 is 0. The van der Waals surface area contributed by atoms with Crippen molar-refractivity contribution in [3.8, 4) is 0 Å². The second-order valence-electron chi connectivity index (χ2n) is 9.42.